The second kappa shape index (κ2) is 5.53. The third kappa shape index (κ3) is 3.35. The SMILES string of the molecule is Clc1cc(CNC2CCCCC2)c(Cl)s1. The monoisotopic (exact) mass is 263 g/mol. The first-order valence-corrected chi connectivity index (χ1v) is 7.00. The lowest BCUT2D eigenvalue weighted by molar-refractivity contribution is 0.372. The van der Waals surface area contributed by atoms with Gasteiger partial charge in [-0.3, -0.25) is 0 Å². The van der Waals surface area contributed by atoms with Gasteiger partial charge in [-0.2, -0.15) is 0 Å². The molecule has 0 atom stereocenters. The Balaban J connectivity index is 1.84. The number of thiophene rings is 1. The highest BCUT2D eigenvalue weighted by molar-refractivity contribution is 7.20. The molecule has 0 saturated heterocycles. The van der Waals surface area contributed by atoms with E-state index in [0.717, 1.165) is 20.8 Å². The van der Waals surface area contributed by atoms with Crippen LogP contribution in [0.5, 0.6) is 0 Å². The molecular formula is C11H15Cl2NS. The third-order valence-electron chi connectivity index (χ3n) is 2.91. The fraction of sp³-hybridized carbons (Fsp3) is 0.636. The van der Waals surface area contributed by atoms with Crippen LogP contribution in [0.4, 0.5) is 0 Å². The fourth-order valence-electron chi connectivity index (χ4n) is 2.06. The van der Waals surface area contributed by atoms with E-state index in [9.17, 15) is 0 Å². The van der Waals surface area contributed by atoms with E-state index in [1.165, 1.54) is 43.4 Å². The zero-order valence-corrected chi connectivity index (χ0v) is 10.9. The minimum atomic E-state index is 0.675. The Morgan fingerprint density at radius 1 is 1.27 bits per heavy atom. The molecule has 1 aromatic heterocycles. The summed E-state index contributed by atoms with van der Waals surface area (Å²) >= 11 is 13.4. The summed E-state index contributed by atoms with van der Waals surface area (Å²) in [5.74, 6) is 0. The van der Waals surface area contributed by atoms with Crippen molar-refractivity contribution in [2.24, 2.45) is 0 Å². The Morgan fingerprint density at radius 2 is 2.00 bits per heavy atom. The molecule has 1 nitrogen and oxygen atoms in total. The van der Waals surface area contributed by atoms with E-state index in [4.69, 9.17) is 23.2 Å². The number of hydrogen-bond donors (Lipinski definition) is 1. The highest BCUT2D eigenvalue weighted by atomic mass is 35.5. The lowest BCUT2D eigenvalue weighted by Crippen LogP contribution is -2.30. The highest BCUT2D eigenvalue weighted by Gasteiger charge is 2.13. The smallest absolute Gasteiger partial charge is 0.0989 e. The normalized spacial score (nSPS) is 18.3. The molecule has 2 rings (SSSR count). The molecule has 0 aliphatic heterocycles. The summed E-state index contributed by atoms with van der Waals surface area (Å²) in [5, 5.41) is 3.56. The van der Waals surface area contributed by atoms with Gasteiger partial charge in [0.1, 0.15) is 0 Å². The Bertz CT molecular complexity index is 318. The second-order valence-electron chi connectivity index (χ2n) is 4.07. The second-order valence-corrected chi connectivity index (χ2v) is 6.35. The van der Waals surface area contributed by atoms with Gasteiger partial charge in [0.15, 0.2) is 0 Å². The quantitative estimate of drug-likeness (QED) is 0.848. The van der Waals surface area contributed by atoms with E-state index in [2.05, 4.69) is 5.32 Å². The first kappa shape index (κ1) is 11.7. The van der Waals surface area contributed by atoms with Crippen molar-refractivity contribution in [2.75, 3.05) is 0 Å². The Morgan fingerprint density at radius 3 is 2.60 bits per heavy atom. The molecule has 0 bridgehead atoms. The van der Waals surface area contributed by atoms with Crippen LogP contribution in [-0.4, -0.2) is 6.04 Å². The van der Waals surface area contributed by atoms with Crippen molar-refractivity contribution in [3.05, 3.63) is 20.3 Å². The summed E-state index contributed by atoms with van der Waals surface area (Å²) in [6.07, 6.45) is 6.71. The van der Waals surface area contributed by atoms with Crippen molar-refractivity contribution in [2.45, 2.75) is 44.7 Å². The van der Waals surface area contributed by atoms with Gasteiger partial charge in [-0.25, -0.2) is 0 Å². The topological polar surface area (TPSA) is 12.0 Å². The van der Waals surface area contributed by atoms with E-state index < -0.39 is 0 Å². The van der Waals surface area contributed by atoms with Gasteiger partial charge in [0.2, 0.25) is 0 Å². The molecule has 0 unspecified atom stereocenters. The van der Waals surface area contributed by atoms with Gasteiger partial charge in [0.05, 0.1) is 8.67 Å². The van der Waals surface area contributed by atoms with E-state index in [-0.39, 0.29) is 0 Å². The summed E-state index contributed by atoms with van der Waals surface area (Å²) in [5.41, 5.74) is 1.14. The third-order valence-corrected chi connectivity index (χ3v) is 4.48. The highest BCUT2D eigenvalue weighted by Crippen LogP contribution is 2.31. The van der Waals surface area contributed by atoms with Crippen molar-refractivity contribution in [3.8, 4) is 0 Å². The van der Waals surface area contributed by atoms with Gasteiger partial charge >= 0.3 is 0 Å². The average molecular weight is 264 g/mol. The predicted octanol–water partition coefficient (Wildman–Crippen LogP) is 4.48. The minimum Gasteiger partial charge on any atom is -0.310 e. The number of halogens is 2. The van der Waals surface area contributed by atoms with Crippen molar-refractivity contribution < 1.29 is 0 Å². The summed E-state index contributed by atoms with van der Waals surface area (Å²) in [4.78, 5) is 0. The van der Waals surface area contributed by atoms with E-state index in [0.29, 0.717) is 6.04 Å². The van der Waals surface area contributed by atoms with Crippen LogP contribution in [0.25, 0.3) is 0 Å². The van der Waals surface area contributed by atoms with Crippen LogP contribution in [0.3, 0.4) is 0 Å². The Kier molecular flexibility index (Phi) is 4.32. The molecule has 1 saturated carbocycles. The van der Waals surface area contributed by atoms with Gasteiger partial charge < -0.3 is 5.32 Å². The lowest BCUT2D eigenvalue weighted by atomic mass is 9.95. The first-order chi connectivity index (χ1) is 7.25. The minimum absolute atomic E-state index is 0.675. The van der Waals surface area contributed by atoms with Crippen molar-refractivity contribution in [1.82, 2.24) is 5.32 Å². The van der Waals surface area contributed by atoms with E-state index in [1.54, 1.807) is 0 Å². The van der Waals surface area contributed by atoms with Crippen LogP contribution in [0.15, 0.2) is 6.07 Å². The molecule has 1 aliphatic carbocycles. The molecule has 0 radical (unpaired) electrons. The van der Waals surface area contributed by atoms with Crippen LogP contribution < -0.4 is 5.32 Å². The van der Waals surface area contributed by atoms with Crippen molar-refractivity contribution >= 4 is 34.5 Å². The van der Waals surface area contributed by atoms with Crippen LogP contribution in [0, 0.1) is 0 Å². The van der Waals surface area contributed by atoms with Gasteiger partial charge in [0, 0.05) is 12.6 Å². The standard InChI is InChI=1S/C11H15Cl2NS/c12-10-6-8(11(13)15-10)7-14-9-4-2-1-3-5-9/h6,9,14H,1-5,7H2. The number of rotatable bonds is 3. The van der Waals surface area contributed by atoms with Crippen molar-refractivity contribution in [3.63, 3.8) is 0 Å². The fourth-order valence-corrected chi connectivity index (χ4v) is 3.54. The molecule has 1 fully saturated rings. The van der Waals surface area contributed by atoms with Crippen molar-refractivity contribution in [1.29, 1.82) is 0 Å². The summed E-state index contributed by atoms with van der Waals surface area (Å²) in [7, 11) is 0. The lowest BCUT2D eigenvalue weighted by Gasteiger charge is -2.22. The van der Waals surface area contributed by atoms with Gasteiger partial charge in [-0.1, -0.05) is 42.5 Å². The van der Waals surface area contributed by atoms with E-state index in [1.807, 2.05) is 6.07 Å². The average Bonchev–Trinajstić information content (AvgIpc) is 2.56. The number of hydrogen-bond acceptors (Lipinski definition) is 2. The summed E-state index contributed by atoms with van der Waals surface area (Å²) in [6.45, 7) is 0.854. The van der Waals surface area contributed by atoms with Gasteiger partial charge in [-0.15, -0.1) is 11.3 Å². The maximum atomic E-state index is 6.06. The van der Waals surface area contributed by atoms with Crippen LogP contribution >= 0.6 is 34.5 Å². The molecule has 1 N–H and O–H groups in total. The number of nitrogens with one attached hydrogen (secondary N) is 1. The van der Waals surface area contributed by atoms with Crippen LogP contribution in [0.2, 0.25) is 8.67 Å². The molecule has 0 amide bonds. The zero-order valence-electron chi connectivity index (χ0n) is 8.56. The Labute approximate surface area is 105 Å². The largest absolute Gasteiger partial charge is 0.310 e. The maximum Gasteiger partial charge on any atom is 0.0989 e. The van der Waals surface area contributed by atoms with Crippen LogP contribution in [0.1, 0.15) is 37.7 Å². The van der Waals surface area contributed by atoms with Crippen LogP contribution in [-0.2, 0) is 6.54 Å². The Hall–Kier alpha value is 0.240. The molecule has 84 valence electrons. The first-order valence-electron chi connectivity index (χ1n) is 5.43. The van der Waals surface area contributed by atoms with E-state index >= 15 is 0 Å². The summed E-state index contributed by atoms with van der Waals surface area (Å²) in [6, 6.07) is 2.64. The molecule has 4 heteroatoms. The molecule has 0 spiro atoms. The molecule has 1 aromatic rings. The molecule has 1 aliphatic rings. The van der Waals surface area contributed by atoms with Gasteiger partial charge in [0.25, 0.3) is 0 Å². The van der Waals surface area contributed by atoms with Gasteiger partial charge in [-0.05, 0) is 24.5 Å². The maximum absolute atomic E-state index is 6.06. The predicted molar refractivity (Wildman–Crippen MR) is 68.1 cm³/mol. The molecule has 1 heterocycles. The molecular weight excluding hydrogens is 249 g/mol. The zero-order chi connectivity index (χ0) is 10.7. The summed E-state index contributed by atoms with van der Waals surface area (Å²) < 4.78 is 1.60. The molecule has 15 heavy (non-hydrogen) atoms. The molecule has 0 aromatic carbocycles.